The summed E-state index contributed by atoms with van der Waals surface area (Å²) in [6.07, 6.45) is 0. The van der Waals surface area contributed by atoms with E-state index in [0.29, 0.717) is 0 Å². The van der Waals surface area contributed by atoms with Crippen LogP contribution in [-0.4, -0.2) is 8.07 Å². The molecule has 0 saturated heterocycles. The van der Waals surface area contributed by atoms with E-state index in [0.717, 1.165) is 0 Å². The van der Waals surface area contributed by atoms with Crippen molar-refractivity contribution in [2.75, 3.05) is 0 Å². The van der Waals surface area contributed by atoms with Gasteiger partial charge in [-0.25, -0.2) is 0 Å². The summed E-state index contributed by atoms with van der Waals surface area (Å²) in [7, 11) is -2.69. The predicted octanol–water partition coefficient (Wildman–Crippen LogP) is 14.0. The van der Waals surface area contributed by atoms with Gasteiger partial charge >= 0.3 is 0 Å². The summed E-state index contributed by atoms with van der Waals surface area (Å²) in [6.45, 7) is 0. The first-order valence-corrected chi connectivity index (χ1v) is 25.2. The third kappa shape index (κ3) is 6.22. The lowest BCUT2D eigenvalue weighted by molar-refractivity contribution is 1.37. The molecule has 296 valence electrons. The van der Waals surface area contributed by atoms with E-state index >= 15 is 0 Å². The zero-order chi connectivity index (χ0) is 41.7. The van der Waals surface area contributed by atoms with Gasteiger partial charge in [0.2, 0.25) is 0 Å². The van der Waals surface area contributed by atoms with Gasteiger partial charge < -0.3 is 0 Å². The number of hydrogen-bond acceptors (Lipinski definition) is 2. The first kappa shape index (κ1) is 37.8. The Balaban J connectivity index is 1.11. The van der Waals surface area contributed by atoms with Crippen LogP contribution in [-0.2, 0) is 0 Å². The molecule has 0 nitrogen and oxygen atoms in total. The lowest BCUT2D eigenvalue weighted by Gasteiger charge is -2.44. The smallest absolute Gasteiger partial charge is 0.0903 e. The van der Waals surface area contributed by atoms with Crippen LogP contribution in [0.25, 0.3) is 66.8 Å². The monoisotopic (exact) mass is 852 g/mol. The highest BCUT2D eigenvalue weighted by atomic mass is 32.2. The minimum Gasteiger partial charge on any atom is -0.0903 e. The van der Waals surface area contributed by atoms with Crippen LogP contribution in [0, 0.1) is 0 Å². The van der Waals surface area contributed by atoms with Crippen molar-refractivity contribution in [1.29, 1.82) is 0 Å². The Labute approximate surface area is 379 Å². The largest absolute Gasteiger partial charge is 0.184 e. The molecule has 1 spiro atoms. The highest BCUT2D eigenvalue weighted by molar-refractivity contribution is 8.01. The quantitative estimate of drug-likeness (QED) is 0.153. The summed E-state index contributed by atoms with van der Waals surface area (Å²) in [5, 5.41) is 5.95. The van der Waals surface area contributed by atoms with Gasteiger partial charge in [-0.3, -0.25) is 0 Å². The van der Waals surface area contributed by atoms with E-state index in [1.165, 1.54) is 107 Å². The molecule has 12 rings (SSSR count). The van der Waals surface area contributed by atoms with Crippen molar-refractivity contribution >= 4 is 52.3 Å². The Hall–Kier alpha value is -6.88. The maximum Gasteiger partial charge on any atom is 0.184 e. The van der Waals surface area contributed by atoms with Crippen LogP contribution >= 0.6 is 23.5 Å². The molecule has 2 aliphatic heterocycles. The Bertz CT molecular complexity index is 3140. The molecule has 0 fully saturated rings. The van der Waals surface area contributed by atoms with Gasteiger partial charge in [0.05, 0.1) is 0 Å². The van der Waals surface area contributed by atoms with Gasteiger partial charge in [-0.2, -0.15) is 0 Å². The topological polar surface area (TPSA) is 0 Å². The molecule has 2 heterocycles. The molecule has 63 heavy (non-hydrogen) atoms. The molecule has 0 amide bonds. The van der Waals surface area contributed by atoms with Crippen LogP contribution in [0.2, 0.25) is 0 Å². The van der Waals surface area contributed by atoms with Crippen molar-refractivity contribution in [3.8, 4) is 66.8 Å². The molecular weight excluding hydrogens is 813 g/mol. The molecule has 0 unspecified atom stereocenters. The molecule has 3 heteroatoms. The lowest BCUT2D eigenvalue weighted by atomic mass is 9.78. The number of benzene rings is 10. The third-order valence-electron chi connectivity index (χ3n) is 12.8. The standard InChI is InChI=1S/C60H40S2Si/c1-5-20-41(21-6-1)48-40-49(42-22-7-2-8-23-42)58(45-26-11-4-12-27-45)59(57(48)44-24-9-3-10-25-44)46-38-36-43(37-39-46)47-28-19-35-56-60(47)62-52-31-15-18-34-55(52)63(56)53-32-16-13-29-50(53)61-51-30-14-17-33-54(51)63/h1-40H. The van der Waals surface area contributed by atoms with Crippen LogP contribution in [0.5, 0.6) is 0 Å². The summed E-state index contributed by atoms with van der Waals surface area (Å²) in [4.78, 5) is 5.49. The van der Waals surface area contributed by atoms with E-state index in [4.69, 9.17) is 0 Å². The van der Waals surface area contributed by atoms with E-state index in [1.807, 2.05) is 23.5 Å². The number of hydrogen-bond donors (Lipinski definition) is 0. The molecule has 0 bridgehead atoms. The van der Waals surface area contributed by atoms with Crippen LogP contribution in [0.1, 0.15) is 0 Å². The zero-order valence-corrected chi connectivity index (χ0v) is 37.0. The van der Waals surface area contributed by atoms with Crippen molar-refractivity contribution in [2.45, 2.75) is 19.6 Å². The van der Waals surface area contributed by atoms with Crippen molar-refractivity contribution in [3.05, 3.63) is 243 Å². The van der Waals surface area contributed by atoms with E-state index in [2.05, 4.69) is 243 Å². The molecule has 0 N–H and O–H groups in total. The van der Waals surface area contributed by atoms with Crippen molar-refractivity contribution in [3.63, 3.8) is 0 Å². The first-order chi connectivity index (χ1) is 31.3. The minimum absolute atomic E-state index is 1.19. The Morgan fingerprint density at radius 2 is 0.587 bits per heavy atom. The molecule has 0 atom stereocenters. The van der Waals surface area contributed by atoms with Crippen molar-refractivity contribution < 1.29 is 0 Å². The Kier molecular flexibility index (Phi) is 9.48. The highest BCUT2D eigenvalue weighted by Crippen LogP contribution is 2.51. The van der Waals surface area contributed by atoms with Crippen molar-refractivity contribution in [1.82, 2.24) is 0 Å². The maximum absolute atomic E-state index is 2.69. The summed E-state index contributed by atoms with van der Waals surface area (Å²) >= 11 is 3.87. The van der Waals surface area contributed by atoms with Gasteiger partial charge in [-0.15, -0.1) is 0 Å². The van der Waals surface area contributed by atoms with Crippen LogP contribution < -0.4 is 20.7 Å². The average Bonchev–Trinajstić information content (AvgIpc) is 3.36. The molecule has 0 radical (unpaired) electrons. The van der Waals surface area contributed by atoms with E-state index in [9.17, 15) is 0 Å². The zero-order valence-electron chi connectivity index (χ0n) is 34.4. The molecule has 0 saturated carbocycles. The fourth-order valence-electron chi connectivity index (χ4n) is 10.2. The van der Waals surface area contributed by atoms with Gasteiger partial charge in [0.15, 0.2) is 8.07 Å². The predicted molar refractivity (Wildman–Crippen MR) is 271 cm³/mol. The third-order valence-corrected chi connectivity index (χ3v) is 20.9. The molecule has 0 aromatic heterocycles. The van der Waals surface area contributed by atoms with Gasteiger partial charge in [-0.1, -0.05) is 242 Å². The first-order valence-electron chi connectivity index (χ1n) is 21.6. The minimum atomic E-state index is -2.69. The van der Waals surface area contributed by atoms with Crippen LogP contribution in [0.15, 0.2) is 262 Å². The van der Waals surface area contributed by atoms with E-state index < -0.39 is 8.07 Å². The lowest BCUT2D eigenvalue weighted by Crippen LogP contribution is -2.78. The second-order valence-corrected chi connectivity index (χ2v) is 22.1. The summed E-state index contributed by atoms with van der Waals surface area (Å²) in [5.41, 5.74) is 14.6. The van der Waals surface area contributed by atoms with Gasteiger partial charge in [-0.05, 0) is 112 Å². The molecule has 10 aromatic rings. The van der Waals surface area contributed by atoms with Crippen LogP contribution in [0.3, 0.4) is 0 Å². The summed E-state index contributed by atoms with van der Waals surface area (Å²) in [5.74, 6) is 0. The summed E-state index contributed by atoms with van der Waals surface area (Å²) in [6, 6.07) is 90.5. The van der Waals surface area contributed by atoms with E-state index in [1.54, 1.807) is 0 Å². The fraction of sp³-hybridized carbons (Fsp3) is 0. The van der Waals surface area contributed by atoms with Gasteiger partial charge in [0, 0.05) is 19.6 Å². The second kappa shape index (κ2) is 15.8. The van der Waals surface area contributed by atoms with E-state index in [-0.39, 0.29) is 0 Å². The average molecular weight is 853 g/mol. The number of fused-ring (bicyclic) bond motifs is 8. The Morgan fingerprint density at radius 3 is 1.06 bits per heavy atom. The van der Waals surface area contributed by atoms with Gasteiger partial charge in [0.25, 0.3) is 0 Å². The molecule has 2 aliphatic rings. The number of rotatable bonds is 6. The maximum atomic E-state index is 2.45. The second-order valence-electron chi connectivity index (χ2n) is 16.3. The molecule has 0 aliphatic carbocycles. The highest BCUT2D eigenvalue weighted by Gasteiger charge is 2.51. The fourth-order valence-corrected chi connectivity index (χ4v) is 19.5. The molecule has 10 aromatic carbocycles. The normalized spacial score (nSPS) is 13.1. The Morgan fingerprint density at radius 1 is 0.238 bits per heavy atom. The molecular formula is C60H40S2Si. The van der Waals surface area contributed by atoms with Gasteiger partial charge in [0.1, 0.15) is 0 Å². The summed E-state index contributed by atoms with van der Waals surface area (Å²) < 4.78 is 0. The SMILES string of the molecule is c1ccc(-c2cc(-c3ccccc3)c(-c3ccccc3)c(-c3ccc(-c4cccc5c4Sc4ccccc4[Si]54c5ccccc5Sc5ccccc54)cc3)c2-c2ccccc2)cc1. The van der Waals surface area contributed by atoms with Crippen molar-refractivity contribution in [2.24, 2.45) is 0 Å². The van der Waals surface area contributed by atoms with Crippen LogP contribution in [0.4, 0.5) is 0 Å².